The van der Waals surface area contributed by atoms with Crippen molar-refractivity contribution in [3.05, 3.63) is 134 Å². The number of allylic oxidation sites excluding steroid dienone is 22. The smallest absolute Gasteiger partial charge is 0.306 e. The molecule has 78 heavy (non-hydrogen) atoms. The van der Waals surface area contributed by atoms with E-state index in [0.29, 0.717) is 12.8 Å². The zero-order valence-corrected chi connectivity index (χ0v) is 50.9. The summed E-state index contributed by atoms with van der Waals surface area (Å²) < 4.78 is 10.7. The molecular weight excluding hydrogens is 957 g/mol. The third-order valence-electron chi connectivity index (χ3n) is 13.9. The Bertz CT molecular complexity index is 1600. The van der Waals surface area contributed by atoms with Gasteiger partial charge in [-0.3, -0.25) is 9.59 Å². The molecule has 0 bridgehead atoms. The Morgan fingerprint density at radius 1 is 0.295 bits per heavy atom. The van der Waals surface area contributed by atoms with Crippen molar-refractivity contribution >= 4 is 11.9 Å². The molecule has 0 spiro atoms. The molecule has 0 saturated carbocycles. The van der Waals surface area contributed by atoms with Crippen LogP contribution in [0.2, 0.25) is 0 Å². The van der Waals surface area contributed by atoms with E-state index in [-0.39, 0.29) is 25.2 Å². The number of hydrogen-bond acceptors (Lipinski definition) is 5. The molecule has 0 aromatic rings. The summed E-state index contributed by atoms with van der Waals surface area (Å²) in [5.74, 6) is -0.590. The first kappa shape index (κ1) is 74.0. The minimum Gasteiger partial charge on any atom is -0.462 e. The van der Waals surface area contributed by atoms with Crippen LogP contribution in [0.1, 0.15) is 296 Å². The van der Waals surface area contributed by atoms with Gasteiger partial charge in [0.05, 0.1) is 6.61 Å². The molecule has 5 heteroatoms. The van der Waals surface area contributed by atoms with Gasteiger partial charge in [0.25, 0.3) is 0 Å². The van der Waals surface area contributed by atoms with Crippen LogP contribution in [0.3, 0.4) is 0 Å². The average molecular weight is 1080 g/mol. The van der Waals surface area contributed by atoms with Crippen LogP contribution in [0, 0.1) is 0 Å². The van der Waals surface area contributed by atoms with Crippen molar-refractivity contribution in [2.24, 2.45) is 0 Å². The Hall–Kier alpha value is -3.96. The molecule has 1 atom stereocenters. The van der Waals surface area contributed by atoms with Gasteiger partial charge in [-0.15, -0.1) is 0 Å². The second-order valence-electron chi connectivity index (χ2n) is 21.4. The van der Waals surface area contributed by atoms with Crippen molar-refractivity contribution in [3.8, 4) is 0 Å². The molecule has 0 saturated heterocycles. The largest absolute Gasteiger partial charge is 0.462 e. The van der Waals surface area contributed by atoms with Gasteiger partial charge in [0.1, 0.15) is 6.61 Å². The Labute approximate surface area is 483 Å². The third-order valence-corrected chi connectivity index (χ3v) is 13.9. The first-order valence-corrected chi connectivity index (χ1v) is 32.7. The maximum absolute atomic E-state index is 12.4. The number of ether oxygens (including phenoxy) is 2. The molecule has 0 aliphatic rings. The molecule has 1 unspecified atom stereocenters. The summed E-state index contributed by atoms with van der Waals surface area (Å²) in [7, 11) is 0. The fourth-order valence-electron chi connectivity index (χ4n) is 9.12. The van der Waals surface area contributed by atoms with Gasteiger partial charge in [-0.25, -0.2) is 0 Å². The molecule has 0 heterocycles. The zero-order chi connectivity index (χ0) is 56.2. The fourth-order valence-corrected chi connectivity index (χ4v) is 9.12. The van der Waals surface area contributed by atoms with Crippen LogP contribution in [0.5, 0.6) is 0 Å². The molecular formula is C73H122O5. The Morgan fingerprint density at radius 2 is 0.513 bits per heavy atom. The third kappa shape index (κ3) is 64.6. The van der Waals surface area contributed by atoms with Crippen molar-refractivity contribution < 1.29 is 24.2 Å². The van der Waals surface area contributed by atoms with Gasteiger partial charge >= 0.3 is 11.9 Å². The number of hydrogen-bond donors (Lipinski definition) is 1. The maximum atomic E-state index is 12.4. The summed E-state index contributed by atoms with van der Waals surface area (Å²) in [4.78, 5) is 24.6. The summed E-state index contributed by atoms with van der Waals surface area (Å²) in [6.45, 7) is 3.93. The van der Waals surface area contributed by atoms with Gasteiger partial charge in [-0.2, -0.15) is 0 Å². The Kier molecular flexibility index (Phi) is 63.9. The standard InChI is InChI=1S/C73H122O5/c1-3-5-7-9-11-13-15-17-19-21-23-25-27-29-31-32-33-34-35-36-37-38-39-40-42-44-46-48-50-52-54-56-58-60-62-64-66-68-73(76)78-71(69-74)70-77-72(75)67-65-63-61-59-57-55-53-51-49-47-45-43-41-30-28-26-24-22-20-18-16-14-12-10-8-6-4-2/h5-8,11-14,17-20,23-26,29-31,33-34,41,71,74H,3-4,9-10,15-16,21-22,27-28,32,35-40,42-70H2,1-2H3/b7-5-,8-6-,13-11-,14-12-,19-17-,20-18-,25-23-,26-24-,31-29-,34-33-,41-30-. The van der Waals surface area contributed by atoms with Gasteiger partial charge < -0.3 is 14.6 Å². The van der Waals surface area contributed by atoms with Crippen LogP contribution in [-0.2, 0) is 19.1 Å². The molecule has 0 rings (SSSR count). The van der Waals surface area contributed by atoms with Crippen molar-refractivity contribution in [1.82, 2.24) is 0 Å². The predicted molar refractivity (Wildman–Crippen MR) is 343 cm³/mol. The summed E-state index contributed by atoms with van der Waals surface area (Å²) >= 11 is 0. The van der Waals surface area contributed by atoms with Crippen LogP contribution in [-0.4, -0.2) is 36.4 Å². The van der Waals surface area contributed by atoms with Crippen LogP contribution in [0.25, 0.3) is 0 Å². The minimum absolute atomic E-state index is 0.0712. The van der Waals surface area contributed by atoms with Crippen molar-refractivity contribution in [2.45, 2.75) is 302 Å². The summed E-state index contributed by atoms with van der Waals surface area (Å²) in [6, 6.07) is 0. The molecule has 444 valence electrons. The Morgan fingerprint density at radius 3 is 0.769 bits per heavy atom. The Balaban J connectivity index is 3.48. The highest BCUT2D eigenvalue weighted by atomic mass is 16.6. The molecule has 0 aromatic carbocycles. The van der Waals surface area contributed by atoms with Gasteiger partial charge in [0, 0.05) is 12.8 Å². The summed E-state index contributed by atoms with van der Waals surface area (Å²) in [6.07, 6.45) is 100. The highest BCUT2D eigenvalue weighted by Crippen LogP contribution is 2.17. The number of rotatable bonds is 59. The lowest BCUT2D eigenvalue weighted by Gasteiger charge is -2.15. The van der Waals surface area contributed by atoms with Crippen molar-refractivity contribution in [1.29, 1.82) is 0 Å². The highest BCUT2D eigenvalue weighted by Gasteiger charge is 2.16. The van der Waals surface area contributed by atoms with Crippen molar-refractivity contribution in [2.75, 3.05) is 13.2 Å². The van der Waals surface area contributed by atoms with E-state index in [4.69, 9.17) is 9.47 Å². The highest BCUT2D eigenvalue weighted by molar-refractivity contribution is 5.70. The van der Waals surface area contributed by atoms with Gasteiger partial charge in [0.2, 0.25) is 0 Å². The van der Waals surface area contributed by atoms with E-state index in [1.165, 1.54) is 161 Å². The van der Waals surface area contributed by atoms with E-state index >= 15 is 0 Å². The average Bonchev–Trinajstić information content (AvgIpc) is 3.44. The minimum atomic E-state index is -0.781. The SMILES string of the molecule is CC/C=C\C/C=C\C/C=C\C/C=C\C/C=C\C/C=C\CCCCCCCCCCCCCCCCCCCCC(=O)OC(CO)COC(=O)CCCCCCCCCCCCC/C=C\C/C=C\C/C=C\C/C=C\C/C=C\CC. The molecule has 5 nitrogen and oxygen atoms in total. The van der Waals surface area contributed by atoms with E-state index < -0.39 is 6.10 Å². The summed E-state index contributed by atoms with van der Waals surface area (Å²) in [5.41, 5.74) is 0. The van der Waals surface area contributed by atoms with Crippen LogP contribution >= 0.6 is 0 Å². The maximum Gasteiger partial charge on any atom is 0.306 e. The first-order valence-electron chi connectivity index (χ1n) is 32.7. The number of esters is 2. The summed E-state index contributed by atoms with van der Waals surface area (Å²) in [5, 5.41) is 9.69. The molecule has 0 aliphatic heterocycles. The second kappa shape index (κ2) is 67.3. The lowest BCUT2D eigenvalue weighted by Crippen LogP contribution is -2.28. The van der Waals surface area contributed by atoms with Crippen LogP contribution in [0.15, 0.2) is 134 Å². The van der Waals surface area contributed by atoms with Gasteiger partial charge in [0.15, 0.2) is 6.10 Å². The number of unbranched alkanes of at least 4 members (excludes halogenated alkanes) is 29. The van der Waals surface area contributed by atoms with Crippen LogP contribution < -0.4 is 0 Å². The normalized spacial score (nSPS) is 13.1. The van der Waals surface area contributed by atoms with Gasteiger partial charge in [-0.05, 0) is 109 Å². The van der Waals surface area contributed by atoms with E-state index in [1.54, 1.807) is 0 Å². The van der Waals surface area contributed by atoms with E-state index in [2.05, 4.69) is 148 Å². The molecule has 0 fully saturated rings. The predicted octanol–water partition coefficient (Wildman–Crippen LogP) is 22.8. The zero-order valence-electron chi connectivity index (χ0n) is 50.9. The quantitative estimate of drug-likeness (QED) is 0.0373. The molecule has 0 aromatic heterocycles. The number of aliphatic hydroxyl groups excluding tert-OH is 1. The van der Waals surface area contributed by atoms with Crippen molar-refractivity contribution in [3.63, 3.8) is 0 Å². The number of aliphatic hydroxyl groups is 1. The lowest BCUT2D eigenvalue weighted by atomic mass is 10.0. The molecule has 0 amide bonds. The van der Waals surface area contributed by atoms with Crippen LogP contribution in [0.4, 0.5) is 0 Å². The fraction of sp³-hybridized carbons (Fsp3) is 0.671. The molecule has 0 radical (unpaired) electrons. The first-order chi connectivity index (χ1) is 38.6. The lowest BCUT2D eigenvalue weighted by molar-refractivity contribution is -0.161. The molecule has 0 aliphatic carbocycles. The van der Waals surface area contributed by atoms with E-state index in [1.807, 2.05) is 0 Å². The van der Waals surface area contributed by atoms with Gasteiger partial charge in [-0.1, -0.05) is 308 Å². The van der Waals surface area contributed by atoms with E-state index in [9.17, 15) is 14.7 Å². The second-order valence-corrected chi connectivity index (χ2v) is 21.4. The topological polar surface area (TPSA) is 72.8 Å². The molecule has 1 N–H and O–H groups in total. The van der Waals surface area contributed by atoms with E-state index in [0.717, 1.165) is 109 Å². The monoisotopic (exact) mass is 1080 g/mol. The number of carbonyl (C=O) groups excluding carboxylic acids is 2. The number of carbonyl (C=O) groups is 2.